The van der Waals surface area contributed by atoms with Crippen molar-refractivity contribution in [1.82, 2.24) is 19.9 Å². The summed E-state index contributed by atoms with van der Waals surface area (Å²) in [7, 11) is 1.24. The summed E-state index contributed by atoms with van der Waals surface area (Å²) in [4.78, 5) is 17.6. The van der Waals surface area contributed by atoms with E-state index in [1.54, 1.807) is 0 Å². The molecule has 0 aliphatic heterocycles. The summed E-state index contributed by atoms with van der Waals surface area (Å²) in [6.07, 6.45) is 0.349. The van der Waals surface area contributed by atoms with Crippen molar-refractivity contribution in [3.8, 4) is 23.0 Å². The van der Waals surface area contributed by atoms with Gasteiger partial charge < -0.3 is 31.2 Å². The molecule has 6 N–H and O–H groups in total. The van der Waals surface area contributed by atoms with Crippen LogP contribution < -0.4 is 20.9 Å². The SMILES string of the molecule is COc1c(O)cc2c(N)nc(C(C)(C)CCOc3c(O)cc4c(N)nc(C(C)(C)C)nc4c3Cl)nc2c1F. The molecule has 12 heteroatoms. The Morgan fingerprint density at radius 3 is 1.97 bits per heavy atom. The fourth-order valence-corrected chi connectivity index (χ4v) is 4.22. The number of phenols is 2. The van der Waals surface area contributed by atoms with Gasteiger partial charge in [0.1, 0.15) is 33.8 Å². The van der Waals surface area contributed by atoms with E-state index in [1.807, 2.05) is 34.6 Å². The van der Waals surface area contributed by atoms with E-state index in [0.717, 1.165) is 0 Å². The van der Waals surface area contributed by atoms with E-state index in [9.17, 15) is 14.6 Å². The first kappa shape index (κ1) is 27.2. The first-order chi connectivity index (χ1) is 17.7. The maximum absolute atomic E-state index is 15.0. The molecule has 4 rings (SSSR count). The van der Waals surface area contributed by atoms with Gasteiger partial charge in [0.05, 0.1) is 19.2 Å². The largest absolute Gasteiger partial charge is 0.504 e. The van der Waals surface area contributed by atoms with E-state index in [0.29, 0.717) is 23.1 Å². The molecule has 0 atom stereocenters. The molecule has 4 aromatic rings. The average Bonchev–Trinajstić information content (AvgIpc) is 2.82. The highest BCUT2D eigenvalue weighted by molar-refractivity contribution is 6.37. The predicted octanol–water partition coefficient (Wildman–Crippen LogP) is 4.99. The standard InChI is InChI=1S/C26H30ClFN6O4/c1-25(2,3)23-31-17-11(21(29)33-23)9-13(35)19(15(17)27)38-8-7-26(4,5)24-32-18-12(22(30)34-24)10-14(36)20(37-6)16(18)28/h9-10,35-36H,7-8H2,1-6H3,(H2,29,31,33)(H2,30,32,34). The lowest BCUT2D eigenvalue weighted by molar-refractivity contribution is 0.258. The summed E-state index contributed by atoms with van der Waals surface area (Å²) >= 11 is 6.61. The summed E-state index contributed by atoms with van der Waals surface area (Å²) in [5.74, 6) is -0.741. The van der Waals surface area contributed by atoms with Crippen molar-refractivity contribution in [1.29, 1.82) is 0 Å². The van der Waals surface area contributed by atoms with Gasteiger partial charge in [0, 0.05) is 21.6 Å². The van der Waals surface area contributed by atoms with Gasteiger partial charge in [0.25, 0.3) is 0 Å². The third-order valence-corrected chi connectivity index (χ3v) is 6.60. The van der Waals surface area contributed by atoms with Gasteiger partial charge in [0.15, 0.2) is 28.8 Å². The highest BCUT2D eigenvalue weighted by atomic mass is 35.5. The van der Waals surface area contributed by atoms with Crippen LogP contribution in [0.15, 0.2) is 12.1 Å². The number of benzene rings is 2. The maximum Gasteiger partial charge on any atom is 0.198 e. The van der Waals surface area contributed by atoms with Crippen LogP contribution in [0.2, 0.25) is 5.02 Å². The van der Waals surface area contributed by atoms with E-state index in [1.165, 1.54) is 19.2 Å². The van der Waals surface area contributed by atoms with Crippen LogP contribution in [0, 0.1) is 5.82 Å². The average molecular weight is 545 g/mol. The molecule has 0 aliphatic rings. The molecule has 0 saturated carbocycles. The van der Waals surface area contributed by atoms with Gasteiger partial charge >= 0.3 is 0 Å². The summed E-state index contributed by atoms with van der Waals surface area (Å²) in [5, 5.41) is 21.3. The Morgan fingerprint density at radius 1 is 0.868 bits per heavy atom. The third-order valence-electron chi connectivity index (χ3n) is 6.25. The molecule has 38 heavy (non-hydrogen) atoms. The van der Waals surface area contributed by atoms with Crippen LogP contribution in [0.1, 0.15) is 52.7 Å². The summed E-state index contributed by atoms with van der Waals surface area (Å²) in [5.41, 5.74) is 11.4. The molecule has 10 nitrogen and oxygen atoms in total. The van der Waals surface area contributed by atoms with Crippen LogP contribution in [0.5, 0.6) is 23.0 Å². The number of nitrogen functional groups attached to an aromatic ring is 2. The number of halogens is 2. The van der Waals surface area contributed by atoms with Crippen molar-refractivity contribution in [2.24, 2.45) is 0 Å². The molecule has 2 aromatic heterocycles. The van der Waals surface area contributed by atoms with Crippen LogP contribution >= 0.6 is 11.6 Å². The Labute approximate surface area is 223 Å². The van der Waals surface area contributed by atoms with Crippen molar-refractivity contribution in [2.45, 2.75) is 51.9 Å². The van der Waals surface area contributed by atoms with Crippen LogP contribution in [0.4, 0.5) is 16.0 Å². The molecule has 0 amide bonds. The Kier molecular flexibility index (Phi) is 6.77. The maximum atomic E-state index is 15.0. The Morgan fingerprint density at radius 2 is 1.39 bits per heavy atom. The Hall–Kier alpha value is -3.86. The van der Waals surface area contributed by atoms with E-state index in [2.05, 4.69) is 19.9 Å². The number of phenolic OH excluding ortho intramolecular Hbond substituents is 2. The van der Waals surface area contributed by atoms with Gasteiger partial charge in [-0.3, -0.25) is 0 Å². The Balaban J connectivity index is 1.64. The second-order valence-electron chi connectivity index (χ2n) is 10.7. The van der Waals surface area contributed by atoms with Crippen molar-refractivity contribution >= 4 is 45.0 Å². The molecule has 0 spiro atoms. The smallest absolute Gasteiger partial charge is 0.198 e. The molecule has 202 valence electrons. The van der Waals surface area contributed by atoms with Crippen molar-refractivity contribution < 1.29 is 24.1 Å². The highest BCUT2D eigenvalue weighted by Crippen LogP contribution is 2.42. The van der Waals surface area contributed by atoms with Crippen molar-refractivity contribution in [3.63, 3.8) is 0 Å². The number of aromatic nitrogens is 4. The molecule has 0 aliphatic carbocycles. The molecule has 0 radical (unpaired) electrons. The normalized spacial score (nSPS) is 12.3. The minimum atomic E-state index is -0.839. The van der Waals surface area contributed by atoms with Crippen LogP contribution in [-0.2, 0) is 10.8 Å². The van der Waals surface area contributed by atoms with E-state index in [4.69, 9.17) is 32.5 Å². The Bertz CT molecular complexity index is 1570. The molecule has 0 fully saturated rings. The van der Waals surface area contributed by atoms with Crippen molar-refractivity contribution in [3.05, 3.63) is 34.6 Å². The van der Waals surface area contributed by atoms with Crippen LogP contribution in [0.3, 0.4) is 0 Å². The second kappa shape index (κ2) is 9.46. The second-order valence-corrected chi connectivity index (χ2v) is 11.0. The summed E-state index contributed by atoms with van der Waals surface area (Å²) in [6.45, 7) is 9.64. The zero-order valence-electron chi connectivity index (χ0n) is 22.0. The lowest BCUT2D eigenvalue weighted by atomic mass is 9.88. The third kappa shape index (κ3) is 4.73. The quantitative estimate of drug-likeness (QED) is 0.260. The zero-order valence-corrected chi connectivity index (χ0v) is 22.7. The number of methoxy groups -OCH3 is 1. The number of ether oxygens (including phenoxy) is 2. The van der Waals surface area contributed by atoms with Crippen LogP contribution in [-0.4, -0.2) is 43.9 Å². The number of aromatic hydroxyl groups is 2. The number of fused-ring (bicyclic) bond motifs is 2. The fourth-order valence-electron chi connectivity index (χ4n) is 3.93. The number of rotatable bonds is 6. The summed E-state index contributed by atoms with van der Waals surface area (Å²) in [6, 6.07) is 2.68. The molecule has 0 bridgehead atoms. The molecule has 2 aromatic carbocycles. The first-order valence-electron chi connectivity index (χ1n) is 11.8. The minimum Gasteiger partial charge on any atom is -0.504 e. The van der Waals surface area contributed by atoms with E-state index >= 15 is 0 Å². The van der Waals surface area contributed by atoms with Gasteiger partial charge in [-0.25, -0.2) is 24.3 Å². The van der Waals surface area contributed by atoms with E-state index < -0.39 is 17.0 Å². The highest BCUT2D eigenvalue weighted by Gasteiger charge is 2.28. The first-order valence-corrected chi connectivity index (χ1v) is 12.2. The molecule has 0 saturated heterocycles. The fraction of sp³-hybridized carbons (Fsp3) is 0.385. The minimum absolute atomic E-state index is 0.0120. The van der Waals surface area contributed by atoms with Gasteiger partial charge in [-0.2, -0.15) is 0 Å². The molecule has 2 heterocycles. The topological polar surface area (TPSA) is 163 Å². The molecular weight excluding hydrogens is 515 g/mol. The number of nitrogens with two attached hydrogens (primary N) is 2. The van der Waals surface area contributed by atoms with E-state index in [-0.39, 0.29) is 62.7 Å². The molecular formula is C26H30ClFN6O4. The number of nitrogens with zero attached hydrogens (tertiary/aromatic N) is 4. The summed E-state index contributed by atoms with van der Waals surface area (Å²) < 4.78 is 25.8. The lowest BCUT2D eigenvalue weighted by Gasteiger charge is -2.24. The van der Waals surface area contributed by atoms with Gasteiger partial charge in [-0.1, -0.05) is 46.2 Å². The molecule has 0 unspecified atom stereocenters. The number of hydrogen-bond acceptors (Lipinski definition) is 10. The predicted molar refractivity (Wildman–Crippen MR) is 145 cm³/mol. The van der Waals surface area contributed by atoms with Gasteiger partial charge in [-0.05, 0) is 18.6 Å². The lowest BCUT2D eigenvalue weighted by Crippen LogP contribution is -2.24. The number of hydrogen-bond donors (Lipinski definition) is 4. The van der Waals surface area contributed by atoms with Crippen molar-refractivity contribution in [2.75, 3.05) is 25.2 Å². The monoisotopic (exact) mass is 544 g/mol. The van der Waals surface area contributed by atoms with Crippen LogP contribution in [0.25, 0.3) is 21.8 Å². The van der Waals surface area contributed by atoms with Gasteiger partial charge in [-0.15, -0.1) is 0 Å². The number of anilines is 2. The van der Waals surface area contributed by atoms with Gasteiger partial charge in [0.2, 0.25) is 0 Å². The zero-order chi connectivity index (χ0) is 28.2.